The number of hydrogen-bond acceptors (Lipinski definition) is 2. The first-order valence-electron chi connectivity index (χ1n) is 8.50. The van der Waals surface area contributed by atoms with E-state index in [4.69, 9.17) is 0 Å². The molecule has 1 unspecified atom stereocenters. The predicted molar refractivity (Wildman–Crippen MR) is 89.3 cm³/mol. The van der Waals surface area contributed by atoms with E-state index in [9.17, 15) is 4.79 Å². The van der Waals surface area contributed by atoms with Crippen molar-refractivity contribution in [1.29, 1.82) is 0 Å². The van der Waals surface area contributed by atoms with Crippen LogP contribution in [0.1, 0.15) is 59.3 Å². The van der Waals surface area contributed by atoms with Crippen molar-refractivity contribution in [3.8, 4) is 0 Å². The minimum atomic E-state index is 0.114. The number of ketones is 1. The number of rotatable bonds is 3. The molecule has 0 radical (unpaired) electrons. The lowest BCUT2D eigenvalue weighted by molar-refractivity contribution is -0.115. The molecular weight excluding hydrogens is 258 g/mol. The highest BCUT2D eigenvalue weighted by Gasteiger charge is 2.24. The van der Waals surface area contributed by atoms with Crippen LogP contribution in [0.3, 0.4) is 0 Å². The Balaban J connectivity index is 2.05. The molecule has 118 valence electrons. The summed E-state index contributed by atoms with van der Waals surface area (Å²) in [6, 6.07) is 0.719. The van der Waals surface area contributed by atoms with Crippen molar-refractivity contribution < 1.29 is 4.79 Å². The quantitative estimate of drug-likeness (QED) is 0.769. The van der Waals surface area contributed by atoms with Crippen LogP contribution in [0.4, 0.5) is 0 Å². The topological polar surface area (TPSA) is 20.3 Å². The zero-order valence-electron chi connectivity index (χ0n) is 14.2. The SMILES string of the molecule is CN(CC1C=C(C(C)(C)C)C=CC(=O)C1)C1CCCCC1. The molecule has 2 aliphatic rings. The standard InChI is InChI=1S/C19H31NO/c1-19(2,3)16-10-11-18(21)13-15(12-16)14-20(4)17-8-6-5-7-9-17/h10-12,15,17H,5-9,13-14H2,1-4H3. The van der Waals surface area contributed by atoms with Crippen molar-refractivity contribution in [2.75, 3.05) is 13.6 Å². The summed E-state index contributed by atoms with van der Waals surface area (Å²) in [7, 11) is 2.24. The third kappa shape index (κ3) is 4.81. The zero-order chi connectivity index (χ0) is 15.5. The van der Waals surface area contributed by atoms with Crippen LogP contribution in [-0.4, -0.2) is 30.3 Å². The molecule has 0 spiro atoms. The van der Waals surface area contributed by atoms with E-state index >= 15 is 0 Å². The smallest absolute Gasteiger partial charge is 0.156 e. The van der Waals surface area contributed by atoms with Crippen LogP contribution in [0, 0.1) is 11.3 Å². The van der Waals surface area contributed by atoms with E-state index in [-0.39, 0.29) is 11.2 Å². The molecule has 1 saturated carbocycles. The van der Waals surface area contributed by atoms with Gasteiger partial charge in [-0.1, -0.05) is 52.2 Å². The van der Waals surface area contributed by atoms with Crippen molar-refractivity contribution in [3.05, 3.63) is 23.8 Å². The summed E-state index contributed by atoms with van der Waals surface area (Å²) in [4.78, 5) is 14.5. The predicted octanol–water partition coefficient (Wildman–Crippen LogP) is 4.37. The van der Waals surface area contributed by atoms with E-state index < -0.39 is 0 Å². The van der Waals surface area contributed by atoms with Crippen molar-refractivity contribution >= 4 is 5.78 Å². The van der Waals surface area contributed by atoms with Gasteiger partial charge in [-0.25, -0.2) is 0 Å². The fourth-order valence-corrected chi connectivity index (χ4v) is 3.54. The van der Waals surface area contributed by atoms with E-state index in [2.05, 4.69) is 38.8 Å². The van der Waals surface area contributed by atoms with E-state index in [1.165, 1.54) is 37.7 Å². The van der Waals surface area contributed by atoms with Gasteiger partial charge in [-0.05, 0) is 42.9 Å². The molecule has 0 bridgehead atoms. The van der Waals surface area contributed by atoms with Crippen molar-refractivity contribution in [3.63, 3.8) is 0 Å². The highest BCUT2D eigenvalue weighted by Crippen LogP contribution is 2.31. The first-order valence-corrected chi connectivity index (χ1v) is 8.50. The van der Waals surface area contributed by atoms with Crippen LogP contribution in [0.15, 0.2) is 23.8 Å². The summed E-state index contributed by atoms with van der Waals surface area (Å²) in [5.74, 6) is 0.626. The number of nitrogens with zero attached hydrogens (tertiary/aromatic N) is 1. The number of carbonyl (C=O) groups is 1. The molecule has 0 saturated heterocycles. The summed E-state index contributed by atoms with van der Waals surface area (Å²) in [6.07, 6.45) is 13.6. The van der Waals surface area contributed by atoms with Crippen LogP contribution in [0.5, 0.6) is 0 Å². The fourth-order valence-electron chi connectivity index (χ4n) is 3.54. The highest BCUT2D eigenvalue weighted by molar-refractivity contribution is 5.91. The van der Waals surface area contributed by atoms with E-state index in [0.29, 0.717) is 12.3 Å². The molecule has 2 aliphatic carbocycles. The largest absolute Gasteiger partial charge is 0.303 e. The van der Waals surface area contributed by atoms with Crippen LogP contribution < -0.4 is 0 Å². The molecule has 0 aromatic heterocycles. The molecule has 1 fully saturated rings. The minimum absolute atomic E-state index is 0.114. The Bertz CT molecular complexity index is 421. The molecule has 0 amide bonds. The Morgan fingerprint density at radius 2 is 1.81 bits per heavy atom. The maximum Gasteiger partial charge on any atom is 0.156 e. The Morgan fingerprint density at radius 3 is 2.43 bits per heavy atom. The molecule has 21 heavy (non-hydrogen) atoms. The van der Waals surface area contributed by atoms with E-state index in [1.807, 2.05) is 6.08 Å². The lowest BCUT2D eigenvalue weighted by Gasteiger charge is -2.33. The Labute approximate surface area is 130 Å². The first kappa shape index (κ1) is 16.5. The molecule has 1 atom stereocenters. The van der Waals surface area contributed by atoms with Crippen molar-refractivity contribution in [2.24, 2.45) is 11.3 Å². The molecule has 2 nitrogen and oxygen atoms in total. The summed E-state index contributed by atoms with van der Waals surface area (Å²) in [5.41, 5.74) is 1.42. The Morgan fingerprint density at radius 1 is 1.14 bits per heavy atom. The summed E-state index contributed by atoms with van der Waals surface area (Å²) in [6.45, 7) is 7.68. The van der Waals surface area contributed by atoms with Gasteiger partial charge in [0.2, 0.25) is 0 Å². The van der Waals surface area contributed by atoms with Crippen LogP contribution in [0.2, 0.25) is 0 Å². The monoisotopic (exact) mass is 289 g/mol. The summed E-state index contributed by atoms with van der Waals surface area (Å²) >= 11 is 0. The maximum atomic E-state index is 12.0. The molecule has 0 aromatic carbocycles. The maximum absolute atomic E-state index is 12.0. The fraction of sp³-hybridized carbons (Fsp3) is 0.737. The Kier molecular flexibility index (Phi) is 5.43. The van der Waals surface area contributed by atoms with Gasteiger partial charge in [0.15, 0.2) is 5.78 Å². The molecule has 0 N–H and O–H groups in total. The van der Waals surface area contributed by atoms with Crippen LogP contribution >= 0.6 is 0 Å². The number of hydrogen-bond donors (Lipinski definition) is 0. The molecule has 0 aromatic rings. The second-order valence-corrected chi connectivity index (χ2v) is 7.87. The van der Waals surface area contributed by atoms with Gasteiger partial charge in [0.1, 0.15) is 0 Å². The van der Waals surface area contributed by atoms with Crippen LogP contribution in [0.25, 0.3) is 0 Å². The highest BCUT2D eigenvalue weighted by atomic mass is 16.1. The number of carbonyl (C=O) groups excluding carboxylic acids is 1. The van der Waals surface area contributed by atoms with Gasteiger partial charge in [0.05, 0.1) is 0 Å². The third-order valence-electron chi connectivity index (χ3n) is 4.91. The zero-order valence-corrected chi connectivity index (χ0v) is 14.2. The van der Waals surface area contributed by atoms with Gasteiger partial charge in [0.25, 0.3) is 0 Å². The average molecular weight is 289 g/mol. The van der Waals surface area contributed by atoms with E-state index in [0.717, 1.165) is 12.6 Å². The van der Waals surface area contributed by atoms with Gasteiger partial charge in [-0.15, -0.1) is 0 Å². The second-order valence-electron chi connectivity index (χ2n) is 7.87. The molecular formula is C19H31NO. The van der Waals surface area contributed by atoms with Crippen molar-refractivity contribution in [2.45, 2.75) is 65.3 Å². The Hall–Kier alpha value is -0.890. The van der Waals surface area contributed by atoms with Gasteiger partial charge in [-0.2, -0.15) is 0 Å². The first-order chi connectivity index (χ1) is 9.86. The lowest BCUT2D eigenvalue weighted by atomic mass is 9.84. The minimum Gasteiger partial charge on any atom is -0.303 e. The molecule has 0 heterocycles. The van der Waals surface area contributed by atoms with Gasteiger partial charge in [0, 0.05) is 19.0 Å². The molecule has 2 heteroatoms. The lowest BCUT2D eigenvalue weighted by Crippen LogP contribution is -2.37. The number of allylic oxidation sites excluding steroid dienone is 3. The third-order valence-corrected chi connectivity index (χ3v) is 4.91. The van der Waals surface area contributed by atoms with Gasteiger partial charge >= 0.3 is 0 Å². The summed E-state index contributed by atoms with van der Waals surface area (Å²) in [5, 5.41) is 0. The summed E-state index contributed by atoms with van der Waals surface area (Å²) < 4.78 is 0. The second kappa shape index (κ2) is 6.91. The average Bonchev–Trinajstić information content (AvgIpc) is 2.61. The van der Waals surface area contributed by atoms with E-state index in [1.54, 1.807) is 6.08 Å². The molecule has 0 aliphatic heterocycles. The van der Waals surface area contributed by atoms with Crippen LogP contribution in [-0.2, 0) is 4.79 Å². The normalized spacial score (nSPS) is 25.1. The van der Waals surface area contributed by atoms with Gasteiger partial charge in [-0.3, -0.25) is 4.79 Å². The van der Waals surface area contributed by atoms with Crippen molar-refractivity contribution in [1.82, 2.24) is 4.90 Å². The molecule has 2 rings (SSSR count). The van der Waals surface area contributed by atoms with Gasteiger partial charge < -0.3 is 4.90 Å².